The summed E-state index contributed by atoms with van der Waals surface area (Å²) in [6, 6.07) is 3.17. The van der Waals surface area contributed by atoms with Crippen LogP contribution in [-0.4, -0.2) is 5.11 Å². The zero-order chi connectivity index (χ0) is 9.30. The Kier molecular flexibility index (Phi) is 2.60. The lowest BCUT2D eigenvalue weighted by atomic mass is 10.1. The molecule has 0 aromatic heterocycles. The van der Waals surface area contributed by atoms with Crippen LogP contribution in [0.15, 0.2) is 12.1 Å². The van der Waals surface area contributed by atoms with Crippen molar-refractivity contribution in [1.29, 1.82) is 0 Å². The Morgan fingerprint density at radius 3 is 2.58 bits per heavy atom. The fraction of sp³-hybridized carbons (Fsp3) is 0.333. The molecule has 0 heterocycles. The van der Waals surface area contributed by atoms with Crippen molar-refractivity contribution >= 4 is 11.6 Å². The second kappa shape index (κ2) is 3.33. The Balaban J connectivity index is 3.23. The van der Waals surface area contributed by atoms with Crippen LogP contribution in [0.4, 0.5) is 0 Å². The Morgan fingerprint density at radius 2 is 2.08 bits per heavy atom. The van der Waals surface area contributed by atoms with Crippen LogP contribution in [0.3, 0.4) is 0 Å². The zero-order valence-corrected chi connectivity index (χ0v) is 7.89. The second-order valence-electron chi connectivity index (χ2n) is 2.95. The first kappa shape index (κ1) is 9.36. The zero-order valence-electron chi connectivity index (χ0n) is 7.13. The summed E-state index contributed by atoms with van der Waals surface area (Å²) >= 11 is 5.79. The molecule has 0 saturated carbocycles. The molecule has 0 bridgehead atoms. The largest absolute Gasteiger partial charge is 0.508 e. The van der Waals surface area contributed by atoms with E-state index in [-0.39, 0.29) is 11.8 Å². The lowest BCUT2D eigenvalue weighted by molar-refractivity contribution is 0.463. The van der Waals surface area contributed by atoms with E-state index in [1.54, 1.807) is 0 Å². The van der Waals surface area contributed by atoms with Crippen molar-refractivity contribution in [1.82, 2.24) is 0 Å². The first-order valence-electron chi connectivity index (χ1n) is 3.77. The quantitative estimate of drug-likeness (QED) is 0.706. The van der Waals surface area contributed by atoms with Crippen molar-refractivity contribution in [3.05, 3.63) is 28.3 Å². The fourth-order valence-electron chi connectivity index (χ4n) is 1.06. The SMILES string of the molecule is Cc1cc(C(C)N)c(O)cc1Cl. The van der Waals surface area contributed by atoms with Crippen LogP contribution < -0.4 is 5.73 Å². The Bertz CT molecular complexity index is 297. The molecule has 3 heteroatoms. The summed E-state index contributed by atoms with van der Waals surface area (Å²) in [6.07, 6.45) is 0. The highest BCUT2D eigenvalue weighted by Crippen LogP contribution is 2.28. The molecule has 0 aliphatic rings. The molecular weight excluding hydrogens is 174 g/mol. The molecule has 0 radical (unpaired) electrons. The van der Waals surface area contributed by atoms with Gasteiger partial charge in [0.2, 0.25) is 0 Å². The van der Waals surface area contributed by atoms with Gasteiger partial charge in [-0.3, -0.25) is 0 Å². The molecule has 1 rings (SSSR count). The van der Waals surface area contributed by atoms with Gasteiger partial charge in [-0.05, 0) is 31.5 Å². The molecule has 0 aliphatic heterocycles. The predicted molar refractivity (Wildman–Crippen MR) is 50.5 cm³/mol. The number of hydrogen-bond donors (Lipinski definition) is 2. The van der Waals surface area contributed by atoms with Crippen molar-refractivity contribution < 1.29 is 5.11 Å². The molecular formula is C9H12ClNO. The van der Waals surface area contributed by atoms with E-state index in [9.17, 15) is 5.11 Å². The van der Waals surface area contributed by atoms with Gasteiger partial charge < -0.3 is 10.8 Å². The minimum absolute atomic E-state index is 0.166. The van der Waals surface area contributed by atoms with E-state index in [1.165, 1.54) is 6.07 Å². The minimum atomic E-state index is -0.166. The summed E-state index contributed by atoms with van der Waals surface area (Å²) in [4.78, 5) is 0. The van der Waals surface area contributed by atoms with Crippen molar-refractivity contribution in [2.24, 2.45) is 5.73 Å². The van der Waals surface area contributed by atoms with Crippen molar-refractivity contribution in [2.45, 2.75) is 19.9 Å². The average molecular weight is 186 g/mol. The topological polar surface area (TPSA) is 46.2 Å². The number of rotatable bonds is 1. The molecule has 0 aliphatic carbocycles. The third-order valence-electron chi connectivity index (χ3n) is 1.80. The summed E-state index contributed by atoms with van der Waals surface area (Å²) < 4.78 is 0. The van der Waals surface area contributed by atoms with Gasteiger partial charge in [-0.2, -0.15) is 0 Å². The summed E-state index contributed by atoms with van der Waals surface area (Å²) in [5.74, 6) is 0.167. The molecule has 1 unspecified atom stereocenters. The summed E-state index contributed by atoms with van der Waals surface area (Å²) in [5, 5.41) is 9.99. The van der Waals surface area contributed by atoms with Gasteiger partial charge in [0, 0.05) is 16.6 Å². The predicted octanol–water partition coefficient (Wildman–Crippen LogP) is 2.37. The number of halogens is 1. The molecule has 1 aromatic carbocycles. The van der Waals surface area contributed by atoms with Crippen LogP contribution in [0.2, 0.25) is 5.02 Å². The highest BCUT2D eigenvalue weighted by Gasteiger charge is 2.08. The van der Waals surface area contributed by atoms with E-state index in [0.717, 1.165) is 11.1 Å². The molecule has 12 heavy (non-hydrogen) atoms. The number of phenolic OH excluding ortho intramolecular Hbond substituents is 1. The molecule has 1 atom stereocenters. The molecule has 1 aromatic rings. The van der Waals surface area contributed by atoms with Crippen LogP contribution in [0.25, 0.3) is 0 Å². The normalized spacial score (nSPS) is 13.0. The van der Waals surface area contributed by atoms with Gasteiger partial charge in [-0.25, -0.2) is 0 Å². The Hall–Kier alpha value is -0.730. The van der Waals surface area contributed by atoms with Gasteiger partial charge in [-0.1, -0.05) is 11.6 Å². The Morgan fingerprint density at radius 1 is 1.50 bits per heavy atom. The van der Waals surface area contributed by atoms with Gasteiger partial charge in [0.15, 0.2) is 0 Å². The monoisotopic (exact) mass is 185 g/mol. The number of benzene rings is 1. The second-order valence-corrected chi connectivity index (χ2v) is 3.36. The molecule has 66 valence electrons. The van der Waals surface area contributed by atoms with E-state index in [1.807, 2.05) is 19.9 Å². The fourth-order valence-corrected chi connectivity index (χ4v) is 1.22. The number of aromatic hydroxyl groups is 1. The average Bonchev–Trinajstić information content (AvgIpc) is 1.96. The molecule has 2 nitrogen and oxygen atoms in total. The standard InChI is InChI=1S/C9H12ClNO/c1-5-3-7(6(2)11)9(12)4-8(5)10/h3-4,6,12H,11H2,1-2H3. The number of hydrogen-bond acceptors (Lipinski definition) is 2. The minimum Gasteiger partial charge on any atom is -0.508 e. The first-order chi connectivity index (χ1) is 5.52. The smallest absolute Gasteiger partial charge is 0.121 e. The summed E-state index contributed by atoms with van der Waals surface area (Å²) in [7, 11) is 0. The number of phenols is 1. The van der Waals surface area contributed by atoms with Crippen LogP contribution >= 0.6 is 11.6 Å². The van der Waals surface area contributed by atoms with E-state index in [2.05, 4.69) is 0 Å². The highest BCUT2D eigenvalue weighted by molar-refractivity contribution is 6.31. The van der Waals surface area contributed by atoms with Crippen LogP contribution in [0.5, 0.6) is 5.75 Å². The van der Waals surface area contributed by atoms with Crippen molar-refractivity contribution in [2.75, 3.05) is 0 Å². The highest BCUT2D eigenvalue weighted by atomic mass is 35.5. The molecule has 0 fully saturated rings. The Labute approximate surface area is 77.0 Å². The van der Waals surface area contributed by atoms with E-state index < -0.39 is 0 Å². The lowest BCUT2D eigenvalue weighted by Crippen LogP contribution is -2.05. The van der Waals surface area contributed by atoms with Crippen molar-refractivity contribution in [3.8, 4) is 5.75 Å². The maximum Gasteiger partial charge on any atom is 0.121 e. The van der Waals surface area contributed by atoms with Gasteiger partial charge in [0.25, 0.3) is 0 Å². The number of nitrogens with two attached hydrogens (primary N) is 1. The third-order valence-corrected chi connectivity index (χ3v) is 2.21. The molecule has 0 saturated heterocycles. The first-order valence-corrected chi connectivity index (χ1v) is 4.14. The van der Waals surface area contributed by atoms with E-state index >= 15 is 0 Å². The molecule has 0 spiro atoms. The molecule has 3 N–H and O–H groups in total. The summed E-state index contributed by atoms with van der Waals surface area (Å²) in [6.45, 7) is 3.70. The maximum absolute atomic E-state index is 9.42. The van der Waals surface area contributed by atoms with Gasteiger partial charge in [0.1, 0.15) is 5.75 Å². The van der Waals surface area contributed by atoms with Gasteiger partial charge in [-0.15, -0.1) is 0 Å². The summed E-state index contributed by atoms with van der Waals surface area (Å²) in [5.41, 5.74) is 7.30. The van der Waals surface area contributed by atoms with E-state index in [4.69, 9.17) is 17.3 Å². The third kappa shape index (κ3) is 1.71. The van der Waals surface area contributed by atoms with E-state index in [0.29, 0.717) is 5.02 Å². The number of aryl methyl sites for hydroxylation is 1. The molecule has 0 amide bonds. The lowest BCUT2D eigenvalue weighted by Gasteiger charge is -2.10. The van der Waals surface area contributed by atoms with Crippen LogP contribution in [0, 0.1) is 6.92 Å². The van der Waals surface area contributed by atoms with Crippen molar-refractivity contribution in [3.63, 3.8) is 0 Å². The van der Waals surface area contributed by atoms with Gasteiger partial charge in [0.05, 0.1) is 0 Å². The maximum atomic E-state index is 9.42. The van der Waals surface area contributed by atoms with Crippen LogP contribution in [-0.2, 0) is 0 Å². The van der Waals surface area contributed by atoms with Crippen LogP contribution in [0.1, 0.15) is 24.1 Å². The van der Waals surface area contributed by atoms with Gasteiger partial charge >= 0.3 is 0 Å².